The molecule has 1 aliphatic rings. The van der Waals surface area contributed by atoms with Crippen LogP contribution >= 0.6 is 11.3 Å². The molecule has 0 bridgehead atoms. The summed E-state index contributed by atoms with van der Waals surface area (Å²) in [7, 11) is 0. The lowest BCUT2D eigenvalue weighted by atomic mass is 9.86. The predicted molar refractivity (Wildman–Crippen MR) is 86.9 cm³/mol. The molecule has 1 aliphatic carbocycles. The first-order valence-electron chi connectivity index (χ1n) is 7.86. The summed E-state index contributed by atoms with van der Waals surface area (Å²) in [5.74, 6) is -0.596. The van der Waals surface area contributed by atoms with Crippen LogP contribution in [0.2, 0.25) is 0 Å². The largest absolute Gasteiger partial charge is 0.481 e. The van der Waals surface area contributed by atoms with Gasteiger partial charge < -0.3 is 5.11 Å². The summed E-state index contributed by atoms with van der Waals surface area (Å²) in [5, 5.41) is 10.1. The molecule has 0 saturated carbocycles. The van der Waals surface area contributed by atoms with Crippen LogP contribution < -0.4 is 5.56 Å². The highest BCUT2D eigenvalue weighted by Gasteiger charge is 2.32. The number of nitrogens with zero attached hydrogens (tertiary/aromatic N) is 2. The minimum Gasteiger partial charge on any atom is -0.481 e. The molecule has 0 aromatic carbocycles. The number of carbonyl (C=O) groups is 1. The molecule has 0 fully saturated rings. The van der Waals surface area contributed by atoms with Crippen LogP contribution in [0.4, 0.5) is 0 Å². The zero-order valence-electron chi connectivity index (χ0n) is 12.9. The monoisotopic (exact) mass is 320 g/mol. The molecule has 1 N–H and O–H groups in total. The molecule has 0 radical (unpaired) electrons. The van der Waals surface area contributed by atoms with E-state index in [1.54, 1.807) is 4.57 Å². The van der Waals surface area contributed by atoms with E-state index in [0.717, 1.165) is 35.5 Å². The second-order valence-corrected chi connectivity index (χ2v) is 6.82. The Kier molecular flexibility index (Phi) is 4.04. The smallest absolute Gasteiger partial charge is 0.311 e. The predicted octanol–water partition coefficient (Wildman–Crippen LogP) is 2.93. The third kappa shape index (κ3) is 2.26. The van der Waals surface area contributed by atoms with Gasteiger partial charge in [-0.2, -0.15) is 0 Å². The Morgan fingerprint density at radius 2 is 2.23 bits per heavy atom. The van der Waals surface area contributed by atoms with Crippen LogP contribution in [0.15, 0.2) is 4.79 Å². The number of aromatic nitrogens is 2. The van der Waals surface area contributed by atoms with Crippen molar-refractivity contribution in [3.8, 4) is 0 Å². The van der Waals surface area contributed by atoms with Gasteiger partial charge in [-0.05, 0) is 31.2 Å². The minimum absolute atomic E-state index is 0.0608. The Labute approximate surface area is 132 Å². The van der Waals surface area contributed by atoms with E-state index < -0.39 is 11.9 Å². The van der Waals surface area contributed by atoms with Crippen LogP contribution in [0.1, 0.15) is 55.3 Å². The molecule has 2 aromatic heterocycles. The van der Waals surface area contributed by atoms with Crippen molar-refractivity contribution in [3.05, 3.63) is 26.6 Å². The average molecular weight is 320 g/mol. The first-order chi connectivity index (χ1) is 10.6. The Hall–Kier alpha value is -1.69. The topological polar surface area (TPSA) is 72.2 Å². The zero-order valence-corrected chi connectivity index (χ0v) is 13.7. The Bertz CT molecular complexity index is 791. The SMILES string of the molecule is CCCn1c(CC)nc2sc3c(c2c1=O)C(C(=O)O)CCC3. The second kappa shape index (κ2) is 5.83. The molecule has 0 saturated heterocycles. The van der Waals surface area contributed by atoms with Gasteiger partial charge in [0, 0.05) is 17.8 Å². The first-order valence-corrected chi connectivity index (χ1v) is 8.67. The van der Waals surface area contributed by atoms with Crippen LogP contribution in [0.25, 0.3) is 10.2 Å². The molecule has 3 rings (SSSR count). The van der Waals surface area contributed by atoms with Crippen molar-refractivity contribution in [1.82, 2.24) is 9.55 Å². The molecular weight excluding hydrogens is 300 g/mol. The van der Waals surface area contributed by atoms with E-state index in [9.17, 15) is 14.7 Å². The molecular formula is C16H20N2O3S. The van der Waals surface area contributed by atoms with Crippen molar-refractivity contribution in [3.63, 3.8) is 0 Å². The van der Waals surface area contributed by atoms with Crippen molar-refractivity contribution in [2.75, 3.05) is 0 Å². The maximum atomic E-state index is 12.9. The number of rotatable bonds is 4. The third-order valence-corrected chi connectivity index (χ3v) is 5.47. The fourth-order valence-corrected chi connectivity index (χ4v) is 4.61. The molecule has 1 unspecified atom stereocenters. The van der Waals surface area contributed by atoms with E-state index in [2.05, 4.69) is 4.98 Å². The lowest BCUT2D eigenvalue weighted by Gasteiger charge is -2.19. The molecule has 22 heavy (non-hydrogen) atoms. The molecule has 0 spiro atoms. The summed E-state index contributed by atoms with van der Waals surface area (Å²) in [6.07, 6.45) is 3.89. The molecule has 0 amide bonds. The Morgan fingerprint density at radius 1 is 1.45 bits per heavy atom. The quantitative estimate of drug-likeness (QED) is 0.940. The van der Waals surface area contributed by atoms with Crippen LogP contribution in [0.5, 0.6) is 0 Å². The van der Waals surface area contributed by atoms with Gasteiger partial charge in [-0.1, -0.05) is 13.8 Å². The number of hydrogen-bond donors (Lipinski definition) is 1. The van der Waals surface area contributed by atoms with Gasteiger partial charge in [0.15, 0.2) is 0 Å². The Balaban J connectivity index is 2.34. The van der Waals surface area contributed by atoms with Crippen molar-refractivity contribution in [2.24, 2.45) is 0 Å². The van der Waals surface area contributed by atoms with Gasteiger partial charge in [0.2, 0.25) is 0 Å². The van der Waals surface area contributed by atoms with Crippen molar-refractivity contribution < 1.29 is 9.90 Å². The van der Waals surface area contributed by atoms with E-state index >= 15 is 0 Å². The van der Waals surface area contributed by atoms with E-state index in [1.807, 2.05) is 13.8 Å². The lowest BCUT2D eigenvalue weighted by Crippen LogP contribution is -2.26. The average Bonchev–Trinajstić information content (AvgIpc) is 2.88. The number of carboxylic acid groups (broad SMARTS) is 1. The molecule has 2 heterocycles. The van der Waals surface area contributed by atoms with E-state index in [4.69, 9.17) is 0 Å². The maximum absolute atomic E-state index is 12.9. The van der Waals surface area contributed by atoms with E-state index in [-0.39, 0.29) is 5.56 Å². The molecule has 1 atom stereocenters. The van der Waals surface area contributed by atoms with Crippen LogP contribution in [-0.4, -0.2) is 20.6 Å². The number of hydrogen-bond acceptors (Lipinski definition) is 4. The molecule has 118 valence electrons. The number of aliphatic carboxylic acids is 1. The standard InChI is InChI=1S/C16H20N2O3S/c1-3-8-18-11(4-2)17-14-13(15(18)19)12-9(16(20)21)6-5-7-10(12)22-14/h9H,3-8H2,1-2H3,(H,20,21). The Morgan fingerprint density at radius 3 is 2.86 bits per heavy atom. The molecule has 5 nitrogen and oxygen atoms in total. The number of thiophene rings is 1. The van der Waals surface area contributed by atoms with Gasteiger partial charge in [-0.25, -0.2) is 4.98 Å². The van der Waals surface area contributed by atoms with Crippen molar-refractivity contribution in [2.45, 2.75) is 58.4 Å². The zero-order chi connectivity index (χ0) is 15.9. The summed E-state index contributed by atoms with van der Waals surface area (Å²) < 4.78 is 1.73. The summed E-state index contributed by atoms with van der Waals surface area (Å²) in [6, 6.07) is 0. The van der Waals surface area contributed by atoms with Gasteiger partial charge in [-0.15, -0.1) is 11.3 Å². The van der Waals surface area contributed by atoms with Crippen LogP contribution in [0, 0.1) is 0 Å². The lowest BCUT2D eigenvalue weighted by molar-refractivity contribution is -0.139. The molecule has 2 aromatic rings. The van der Waals surface area contributed by atoms with Gasteiger partial charge in [0.25, 0.3) is 5.56 Å². The molecule has 6 heteroatoms. The second-order valence-electron chi connectivity index (χ2n) is 5.74. The van der Waals surface area contributed by atoms with E-state index in [0.29, 0.717) is 29.6 Å². The minimum atomic E-state index is -0.832. The normalized spacial score (nSPS) is 17.6. The van der Waals surface area contributed by atoms with E-state index in [1.165, 1.54) is 11.3 Å². The first kappa shape index (κ1) is 15.2. The highest BCUT2D eigenvalue weighted by atomic mass is 32.1. The van der Waals surface area contributed by atoms with Gasteiger partial charge in [0.05, 0.1) is 11.3 Å². The number of carboxylic acids is 1. The van der Waals surface area contributed by atoms with Crippen molar-refractivity contribution >= 4 is 27.5 Å². The van der Waals surface area contributed by atoms with Crippen LogP contribution in [-0.2, 0) is 24.2 Å². The fourth-order valence-electron chi connectivity index (χ4n) is 3.33. The highest BCUT2D eigenvalue weighted by molar-refractivity contribution is 7.18. The summed E-state index contributed by atoms with van der Waals surface area (Å²) in [5.41, 5.74) is 0.679. The van der Waals surface area contributed by atoms with Gasteiger partial charge in [-0.3, -0.25) is 14.2 Å². The number of fused-ring (bicyclic) bond motifs is 3. The van der Waals surface area contributed by atoms with Crippen molar-refractivity contribution in [1.29, 1.82) is 0 Å². The maximum Gasteiger partial charge on any atom is 0.311 e. The van der Waals surface area contributed by atoms with Gasteiger partial charge >= 0.3 is 5.97 Å². The van der Waals surface area contributed by atoms with Crippen LogP contribution in [0.3, 0.4) is 0 Å². The number of aryl methyl sites for hydroxylation is 2. The fraction of sp³-hybridized carbons (Fsp3) is 0.562. The molecule has 0 aliphatic heterocycles. The summed E-state index contributed by atoms with van der Waals surface area (Å²) in [4.78, 5) is 30.9. The highest BCUT2D eigenvalue weighted by Crippen LogP contribution is 2.40. The van der Waals surface area contributed by atoms with Gasteiger partial charge in [0.1, 0.15) is 10.7 Å². The summed E-state index contributed by atoms with van der Waals surface area (Å²) in [6.45, 7) is 4.65. The summed E-state index contributed by atoms with van der Waals surface area (Å²) >= 11 is 1.50. The third-order valence-electron chi connectivity index (χ3n) is 4.31.